The number of sulfonamides is 1. The normalized spacial score (nSPS) is 29.7. The molecule has 1 aromatic carbocycles. The van der Waals surface area contributed by atoms with Crippen LogP contribution in [0.4, 0.5) is 0 Å². The van der Waals surface area contributed by atoms with Crippen LogP contribution in [0.2, 0.25) is 0 Å². The van der Waals surface area contributed by atoms with Crippen LogP contribution in [0, 0.1) is 18.3 Å². The molecule has 0 N–H and O–H groups in total. The van der Waals surface area contributed by atoms with E-state index < -0.39 is 10.0 Å². The minimum absolute atomic E-state index is 0.245. The minimum Gasteiger partial charge on any atom is -0.207 e. The van der Waals surface area contributed by atoms with E-state index in [2.05, 4.69) is 6.92 Å². The molecule has 3 nitrogen and oxygen atoms in total. The van der Waals surface area contributed by atoms with E-state index in [1.165, 1.54) is 19.3 Å². The molecule has 0 aromatic heterocycles. The number of aryl methyl sites for hydroxylation is 1. The number of fused-ring (bicyclic) bond motifs is 2. The fourth-order valence-electron chi connectivity index (χ4n) is 4.23. The molecule has 2 bridgehead atoms. The molecule has 116 valence electrons. The fourth-order valence-corrected chi connectivity index (χ4v) is 5.86. The summed E-state index contributed by atoms with van der Waals surface area (Å²) in [7, 11) is -3.33. The van der Waals surface area contributed by atoms with Gasteiger partial charge in [0.05, 0.1) is 4.90 Å². The lowest BCUT2D eigenvalue weighted by Gasteiger charge is -2.39. The molecule has 0 radical (unpaired) electrons. The quantitative estimate of drug-likeness (QED) is 0.852. The lowest BCUT2D eigenvalue weighted by atomic mass is 9.79. The lowest BCUT2D eigenvalue weighted by molar-refractivity contribution is 0.147. The molecule has 1 saturated heterocycles. The summed E-state index contributed by atoms with van der Waals surface area (Å²) in [5.74, 6) is 0.561. The Balaban J connectivity index is 1.88. The number of rotatable bonds is 4. The van der Waals surface area contributed by atoms with Gasteiger partial charge in [0.1, 0.15) is 0 Å². The summed E-state index contributed by atoms with van der Waals surface area (Å²) in [5, 5.41) is 0. The summed E-state index contributed by atoms with van der Waals surface area (Å²) in [4.78, 5) is 0.445. The topological polar surface area (TPSA) is 37.4 Å². The standard InChI is InChI=1S/C17H25NO2S/c1-3-9-17-10-8-15(11-17)12-18(13-17)21(19,20)16-6-4-14(2)5-7-16/h4-7,15H,3,8-13H2,1-2H3. The zero-order valence-electron chi connectivity index (χ0n) is 13.0. The second kappa shape index (κ2) is 5.40. The van der Waals surface area contributed by atoms with Gasteiger partial charge in [-0.05, 0) is 56.1 Å². The zero-order chi connectivity index (χ0) is 15.1. The number of hydrogen-bond donors (Lipinski definition) is 0. The highest BCUT2D eigenvalue weighted by Crippen LogP contribution is 2.50. The average molecular weight is 307 g/mol. The first-order chi connectivity index (χ1) is 9.95. The second-order valence-electron chi connectivity index (χ2n) is 6.97. The van der Waals surface area contributed by atoms with Crippen molar-refractivity contribution in [1.82, 2.24) is 4.31 Å². The fraction of sp³-hybridized carbons (Fsp3) is 0.647. The van der Waals surface area contributed by atoms with Crippen LogP contribution >= 0.6 is 0 Å². The minimum atomic E-state index is -3.33. The van der Waals surface area contributed by atoms with Crippen molar-refractivity contribution in [2.24, 2.45) is 11.3 Å². The molecule has 2 fully saturated rings. The van der Waals surface area contributed by atoms with Crippen LogP contribution in [-0.2, 0) is 10.0 Å². The molecule has 0 spiro atoms. The number of nitrogens with zero attached hydrogens (tertiary/aromatic N) is 1. The molecule has 0 amide bonds. The van der Waals surface area contributed by atoms with Crippen LogP contribution in [0.25, 0.3) is 0 Å². The zero-order valence-corrected chi connectivity index (χ0v) is 13.8. The molecule has 1 heterocycles. The molecule has 2 aliphatic rings. The summed E-state index contributed by atoms with van der Waals surface area (Å²) in [6, 6.07) is 7.25. The van der Waals surface area contributed by atoms with Crippen LogP contribution in [0.1, 0.15) is 44.6 Å². The maximum absolute atomic E-state index is 12.9. The molecule has 1 aliphatic heterocycles. The molecule has 3 rings (SSSR count). The first kappa shape index (κ1) is 15.0. The van der Waals surface area contributed by atoms with Crippen molar-refractivity contribution in [1.29, 1.82) is 0 Å². The molecular weight excluding hydrogens is 282 g/mol. The summed E-state index contributed by atoms with van der Waals surface area (Å²) in [5.41, 5.74) is 1.34. The number of hydrogen-bond acceptors (Lipinski definition) is 2. The number of benzene rings is 1. The van der Waals surface area contributed by atoms with Crippen molar-refractivity contribution in [3.8, 4) is 0 Å². The van der Waals surface area contributed by atoms with Gasteiger partial charge in [0, 0.05) is 13.1 Å². The van der Waals surface area contributed by atoms with Gasteiger partial charge in [-0.15, -0.1) is 0 Å². The Morgan fingerprint density at radius 3 is 2.67 bits per heavy atom. The van der Waals surface area contributed by atoms with E-state index in [9.17, 15) is 8.42 Å². The van der Waals surface area contributed by atoms with Gasteiger partial charge in [0.15, 0.2) is 0 Å². The molecule has 4 heteroatoms. The maximum Gasteiger partial charge on any atom is 0.243 e. The third-order valence-corrected chi connectivity index (χ3v) is 7.04. The van der Waals surface area contributed by atoms with E-state index >= 15 is 0 Å². The van der Waals surface area contributed by atoms with Crippen molar-refractivity contribution in [2.75, 3.05) is 13.1 Å². The largest absolute Gasteiger partial charge is 0.243 e. The first-order valence-electron chi connectivity index (χ1n) is 8.02. The van der Waals surface area contributed by atoms with E-state index in [0.717, 1.165) is 18.4 Å². The maximum atomic E-state index is 12.9. The van der Waals surface area contributed by atoms with Crippen molar-refractivity contribution in [2.45, 2.75) is 50.8 Å². The van der Waals surface area contributed by atoms with E-state index in [1.807, 2.05) is 19.1 Å². The predicted molar refractivity (Wildman–Crippen MR) is 84.6 cm³/mol. The highest BCUT2D eigenvalue weighted by Gasteiger charge is 2.47. The molecular formula is C17H25NO2S. The Bertz CT molecular complexity index is 604. The predicted octanol–water partition coefficient (Wildman–Crippen LogP) is 3.59. The number of piperidine rings is 1. The summed E-state index contributed by atoms with van der Waals surface area (Å²) >= 11 is 0. The van der Waals surface area contributed by atoms with Gasteiger partial charge >= 0.3 is 0 Å². The molecule has 21 heavy (non-hydrogen) atoms. The summed E-state index contributed by atoms with van der Waals surface area (Å²) < 4.78 is 27.5. The highest BCUT2D eigenvalue weighted by atomic mass is 32.2. The smallest absolute Gasteiger partial charge is 0.207 e. The molecule has 1 aliphatic carbocycles. The Hall–Kier alpha value is -0.870. The Labute approximate surface area is 128 Å². The summed E-state index contributed by atoms with van der Waals surface area (Å²) in [6.45, 7) is 5.61. The van der Waals surface area contributed by atoms with Gasteiger partial charge in [0.2, 0.25) is 10.0 Å². The van der Waals surface area contributed by atoms with Gasteiger partial charge in [0.25, 0.3) is 0 Å². The summed E-state index contributed by atoms with van der Waals surface area (Å²) in [6.07, 6.45) is 5.92. The van der Waals surface area contributed by atoms with E-state index in [0.29, 0.717) is 23.9 Å². The molecule has 2 unspecified atom stereocenters. The van der Waals surface area contributed by atoms with Crippen LogP contribution in [0.15, 0.2) is 29.2 Å². The monoisotopic (exact) mass is 307 g/mol. The van der Waals surface area contributed by atoms with Crippen LogP contribution < -0.4 is 0 Å². The van der Waals surface area contributed by atoms with E-state index in [-0.39, 0.29) is 5.41 Å². The molecule has 1 saturated carbocycles. The second-order valence-corrected chi connectivity index (χ2v) is 8.91. The Morgan fingerprint density at radius 1 is 1.29 bits per heavy atom. The van der Waals surface area contributed by atoms with Gasteiger partial charge < -0.3 is 0 Å². The Kier molecular flexibility index (Phi) is 3.87. The SMILES string of the molecule is CCCC12CCC(CN(S(=O)(=O)c3ccc(C)cc3)C1)C2. The third-order valence-electron chi connectivity index (χ3n) is 5.22. The Morgan fingerprint density at radius 2 is 2.00 bits per heavy atom. The van der Waals surface area contributed by atoms with Crippen molar-refractivity contribution in [3.63, 3.8) is 0 Å². The average Bonchev–Trinajstić information content (AvgIpc) is 2.74. The van der Waals surface area contributed by atoms with Gasteiger partial charge in [-0.2, -0.15) is 4.31 Å². The molecule has 2 atom stereocenters. The van der Waals surface area contributed by atoms with Crippen LogP contribution in [-0.4, -0.2) is 25.8 Å². The van der Waals surface area contributed by atoms with Gasteiger partial charge in [-0.25, -0.2) is 8.42 Å². The van der Waals surface area contributed by atoms with E-state index in [1.54, 1.807) is 16.4 Å². The van der Waals surface area contributed by atoms with E-state index in [4.69, 9.17) is 0 Å². The van der Waals surface area contributed by atoms with Gasteiger partial charge in [-0.1, -0.05) is 31.0 Å². The van der Waals surface area contributed by atoms with Crippen molar-refractivity contribution >= 4 is 10.0 Å². The first-order valence-corrected chi connectivity index (χ1v) is 9.46. The third kappa shape index (κ3) is 2.76. The lowest BCUT2D eigenvalue weighted by Crippen LogP contribution is -2.45. The van der Waals surface area contributed by atoms with Crippen molar-refractivity contribution < 1.29 is 8.42 Å². The molecule has 1 aromatic rings. The van der Waals surface area contributed by atoms with Crippen LogP contribution in [0.3, 0.4) is 0 Å². The van der Waals surface area contributed by atoms with Crippen LogP contribution in [0.5, 0.6) is 0 Å². The van der Waals surface area contributed by atoms with Gasteiger partial charge in [-0.3, -0.25) is 0 Å². The van der Waals surface area contributed by atoms with Crippen molar-refractivity contribution in [3.05, 3.63) is 29.8 Å². The highest BCUT2D eigenvalue weighted by molar-refractivity contribution is 7.89.